The van der Waals surface area contributed by atoms with Crippen LogP contribution in [0.1, 0.15) is 12.5 Å². The normalized spacial score (nSPS) is 12.2. The number of hydrogen-bond donors (Lipinski definition) is 1. The maximum absolute atomic E-state index is 12.0. The molecule has 0 fully saturated rings. The Morgan fingerprint density at radius 1 is 1.50 bits per heavy atom. The molecule has 0 aliphatic heterocycles. The summed E-state index contributed by atoms with van der Waals surface area (Å²) in [4.78, 5) is 12.0. The van der Waals surface area contributed by atoms with Gasteiger partial charge in [-0.15, -0.1) is 5.10 Å². The molecule has 1 aromatic carbocycles. The molecular formula is C12H14ClN5OS. The van der Waals surface area contributed by atoms with E-state index < -0.39 is 0 Å². The van der Waals surface area contributed by atoms with Crippen molar-refractivity contribution in [1.29, 1.82) is 0 Å². The topological polar surface area (TPSA) is 72.7 Å². The number of carbonyl (C=O) groups is 1. The SMILES string of the molecule is CC(Sc1nnnn1C)C(=O)NCc1ccccc1Cl. The summed E-state index contributed by atoms with van der Waals surface area (Å²) in [5.41, 5.74) is 0.889. The maximum atomic E-state index is 12.0. The third-order valence-corrected chi connectivity index (χ3v) is 4.14. The largest absolute Gasteiger partial charge is 0.351 e. The Morgan fingerprint density at radius 2 is 2.25 bits per heavy atom. The zero-order valence-electron chi connectivity index (χ0n) is 11.1. The van der Waals surface area contributed by atoms with E-state index >= 15 is 0 Å². The lowest BCUT2D eigenvalue weighted by atomic mass is 10.2. The second-order valence-electron chi connectivity index (χ2n) is 4.15. The van der Waals surface area contributed by atoms with Crippen LogP contribution in [0.5, 0.6) is 0 Å². The van der Waals surface area contributed by atoms with Gasteiger partial charge in [-0.05, 0) is 29.0 Å². The van der Waals surface area contributed by atoms with Crippen molar-refractivity contribution in [1.82, 2.24) is 25.5 Å². The second kappa shape index (κ2) is 6.71. The van der Waals surface area contributed by atoms with E-state index in [1.165, 1.54) is 16.4 Å². The second-order valence-corrected chi connectivity index (χ2v) is 5.87. The van der Waals surface area contributed by atoms with Crippen LogP contribution < -0.4 is 5.32 Å². The molecule has 2 aromatic rings. The molecule has 0 aliphatic rings. The number of aromatic nitrogens is 4. The van der Waals surface area contributed by atoms with Gasteiger partial charge in [0.25, 0.3) is 0 Å². The lowest BCUT2D eigenvalue weighted by molar-refractivity contribution is -0.120. The molecule has 6 nitrogen and oxygen atoms in total. The Balaban J connectivity index is 1.89. The van der Waals surface area contributed by atoms with Gasteiger partial charge in [0.05, 0.1) is 5.25 Å². The van der Waals surface area contributed by atoms with Gasteiger partial charge in [0.15, 0.2) is 0 Å². The van der Waals surface area contributed by atoms with Crippen LogP contribution in [0.15, 0.2) is 29.4 Å². The number of benzene rings is 1. The van der Waals surface area contributed by atoms with Gasteiger partial charge in [-0.2, -0.15) is 0 Å². The number of tetrazole rings is 1. The lowest BCUT2D eigenvalue weighted by Gasteiger charge is -2.11. The number of nitrogens with zero attached hydrogens (tertiary/aromatic N) is 4. The zero-order chi connectivity index (χ0) is 14.5. The van der Waals surface area contributed by atoms with Crippen LogP contribution in [0.2, 0.25) is 5.02 Å². The summed E-state index contributed by atoms with van der Waals surface area (Å²) in [6.07, 6.45) is 0. The average Bonchev–Trinajstić information content (AvgIpc) is 2.83. The van der Waals surface area contributed by atoms with Crippen LogP contribution in [-0.2, 0) is 18.4 Å². The fourth-order valence-corrected chi connectivity index (χ4v) is 2.48. The molecule has 1 atom stereocenters. The summed E-state index contributed by atoms with van der Waals surface area (Å²) < 4.78 is 1.53. The molecule has 1 aromatic heterocycles. The van der Waals surface area contributed by atoms with Crippen LogP contribution >= 0.6 is 23.4 Å². The highest BCUT2D eigenvalue weighted by Crippen LogP contribution is 2.20. The van der Waals surface area contributed by atoms with Crippen molar-refractivity contribution < 1.29 is 4.79 Å². The summed E-state index contributed by atoms with van der Waals surface area (Å²) in [5.74, 6) is -0.0853. The van der Waals surface area contributed by atoms with E-state index in [-0.39, 0.29) is 11.2 Å². The van der Waals surface area contributed by atoms with Gasteiger partial charge in [-0.25, -0.2) is 4.68 Å². The molecule has 20 heavy (non-hydrogen) atoms. The predicted octanol–water partition coefficient (Wildman–Crippen LogP) is 1.66. The zero-order valence-corrected chi connectivity index (χ0v) is 12.6. The van der Waals surface area contributed by atoms with E-state index in [1.807, 2.05) is 18.2 Å². The molecule has 106 valence electrons. The van der Waals surface area contributed by atoms with Gasteiger partial charge in [0.2, 0.25) is 11.1 Å². The molecule has 0 bridgehead atoms. The fraction of sp³-hybridized carbons (Fsp3) is 0.333. The minimum Gasteiger partial charge on any atom is -0.351 e. The molecule has 0 saturated heterocycles. The standard InChI is InChI=1S/C12H14ClN5OS/c1-8(20-12-15-16-17-18(12)2)11(19)14-7-9-5-3-4-6-10(9)13/h3-6,8H,7H2,1-2H3,(H,14,19). The molecule has 2 rings (SSSR count). The molecule has 0 radical (unpaired) electrons. The minimum absolute atomic E-state index is 0.0853. The molecule has 1 N–H and O–H groups in total. The van der Waals surface area contributed by atoms with Gasteiger partial charge >= 0.3 is 0 Å². The minimum atomic E-state index is -0.290. The van der Waals surface area contributed by atoms with Crippen LogP contribution in [0, 0.1) is 0 Å². The number of carbonyl (C=O) groups excluding carboxylic acids is 1. The molecule has 1 heterocycles. The Labute approximate surface area is 125 Å². The quantitative estimate of drug-likeness (QED) is 0.850. The van der Waals surface area contributed by atoms with Crippen molar-refractivity contribution in [3.05, 3.63) is 34.9 Å². The number of halogens is 1. The summed E-state index contributed by atoms with van der Waals surface area (Å²) in [5, 5.41) is 14.9. The monoisotopic (exact) mass is 311 g/mol. The first-order chi connectivity index (χ1) is 9.58. The Morgan fingerprint density at radius 3 is 2.90 bits per heavy atom. The van der Waals surface area contributed by atoms with Crippen molar-refractivity contribution in [3.8, 4) is 0 Å². The number of hydrogen-bond acceptors (Lipinski definition) is 5. The number of amides is 1. The van der Waals surface area contributed by atoms with Gasteiger partial charge in [0.1, 0.15) is 0 Å². The lowest BCUT2D eigenvalue weighted by Crippen LogP contribution is -2.30. The number of aryl methyl sites for hydroxylation is 1. The average molecular weight is 312 g/mol. The van der Waals surface area contributed by atoms with E-state index in [0.29, 0.717) is 16.7 Å². The van der Waals surface area contributed by atoms with Crippen LogP contribution in [-0.4, -0.2) is 31.4 Å². The maximum Gasteiger partial charge on any atom is 0.233 e. The smallest absolute Gasteiger partial charge is 0.233 e. The molecule has 0 saturated carbocycles. The third kappa shape index (κ3) is 3.71. The first-order valence-electron chi connectivity index (χ1n) is 5.98. The Kier molecular flexibility index (Phi) is 4.97. The number of rotatable bonds is 5. The number of thioether (sulfide) groups is 1. The molecule has 8 heteroatoms. The molecule has 0 aliphatic carbocycles. The van der Waals surface area contributed by atoms with Crippen LogP contribution in [0.25, 0.3) is 0 Å². The fourth-order valence-electron chi connectivity index (χ4n) is 1.50. The van der Waals surface area contributed by atoms with Crippen molar-refractivity contribution in [2.45, 2.75) is 23.9 Å². The van der Waals surface area contributed by atoms with Crippen molar-refractivity contribution in [2.75, 3.05) is 0 Å². The highest BCUT2D eigenvalue weighted by molar-refractivity contribution is 8.00. The highest BCUT2D eigenvalue weighted by Gasteiger charge is 2.17. The molecule has 1 unspecified atom stereocenters. The van der Waals surface area contributed by atoms with Crippen LogP contribution in [0.4, 0.5) is 0 Å². The first-order valence-corrected chi connectivity index (χ1v) is 7.24. The van der Waals surface area contributed by atoms with Crippen LogP contribution in [0.3, 0.4) is 0 Å². The van der Waals surface area contributed by atoms with Crippen molar-refractivity contribution >= 4 is 29.3 Å². The summed E-state index contributed by atoms with van der Waals surface area (Å²) >= 11 is 7.34. The predicted molar refractivity (Wildman–Crippen MR) is 77.4 cm³/mol. The van der Waals surface area contributed by atoms with E-state index in [2.05, 4.69) is 20.8 Å². The Hall–Kier alpha value is -1.60. The summed E-state index contributed by atoms with van der Waals surface area (Å²) in [7, 11) is 1.73. The van der Waals surface area contributed by atoms with Gasteiger partial charge in [-0.3, -0.25) is 4.79 Å². The third-order valence-electron chi connectivity index (χ3n) is 2.64. The molecular weight excluding hydrogens is 298 g/mol. The van der Waals surface area contributed by atoms with E-state index in [4.69, 9.17) is 11.6 Å². The first kappa shape index (κ1) is 14.8. The van der Waals surface area contributed by atoms with E-state index in [0.717, 1.165) is 5.56 Å². The van der Waals surface area contributed by atoms with Gasteiger partial charge < -0.3 is 5.32 Å². The molecule has 0 spiro atoms. The molecule has 1 amide bonds. The number of nitrogens with one attached hydrogen (secondary N) is 1. The van der Waals surface area contributed by atoms with Gasteiger partial charge in [-0.1, -0.05) is 41.6 Å². The van der Waals surface area contributed by atoms with E-state index in [9.17, 15) is 4.79 Å². The van der Waals surface area contributed by atoms with Crippen molar-refractivity contribution in [2.24, 2.45) is 7.05 Å². The van der Waals surface area contributed by atoms with Crippen molar-refractivity contribution in [3.63, 3.8) is 0 Å². The highest BCUT2D eigenvalue weighted by atomic mass is 35.5. The van der Waals surface area contributed by atoms with Gasteiger partial charge in [0, 0.05) is 18.6 Å². The summed E-state index contributed by atoms with van der Waals surface area (Å²) in [6, 6.07) is 7.42. The Bertz CT molecular complexity index is 603. The van der Waals surface area contributed by atoms with E-state index in [1.54, 1.807) is 20.0 Å². The summed E-state index contributed by atoms with van der Waals surface area (Å²) in [6.45, 7) is 2.21.